The van der Waals surface area contributed by atoms with Crippen LogP contribution in [0.5, 0.6) is 5.75 Å². The third-order valence-corrected chi connectivity index (χ3v) is 1.74. The van der Waals surface area contributed by atoms with E-state index < -0.39 is 0 Å². The van der Waals surface area contributed by atoms with Crippen LogP contribution in [0.25, 0.3) is 0 Å². The third kappa shape index (κ3) is 4.02. The van der Waals surface area contributed by atoms with Crippen LogP contribution in [0, 0.1) is 6.92 Å². The minimum atomic E-state index is -0.0731. The van der Waals surface area contributed by atoms with E-state index in [1.807, 2.05) is 39.0 Å². The van der Waals surface area contributed by atoms with Gasteiger partial charge in [0.2, 0.25) is 5.91 Å². The standard InChI is InChI=1S/C12H17NO2/c1-8(2)15-12-6-9(3)5-11(7-12)13-10(4)14/h5-8H,1-4H3,(H,13,14). The Hall–Kier alpha value is -1.51. The molecule has 0 aliphatic rings. The van der Waals surface area contributed by atoms with E-state index >= 15 is 0 Å². The fourth-order valence-corrected chi connectivity index (χ4v) is 1.36. The molecule has 1 aromatic rings. The van der Waals surface area contributed by atoms with E-state index in [-0.39, 0.29) is 12.0 Å². The van der Waals surface area contributed by atoms with Gasteiger partial charge >= 0.3 is 0 Å². The Morgan fingerprint density at radius 3 is 2.53 bits per heavy atom. The Kier molecular flexibility index (Phi) is 3.72. The molecule has 3 heteroatoms. The van der Waals surface area contributed by atoms with Gasteiger partial charge in [0.25, 0.3) is 0 Å². The molecule has 0 saturated heterocycles. The Balaban J connectivity index is 2.89. The molecule has 1 amide bonds. The van der Waals surface area contributed by atoms with Crippen LogP contribution in [0.15, 0.2) is 18.2 Å². The zero-order valence-corrected chi connectivity index (χ0v) is 9.63. The topological polar surface area (TPSA) is 38.3 Å². The van der Waals surface area contributed by atoms with E-state index in [0.717, 1.165) is 17.0 Å². The van der Waals surface area contributed by atoms with Crippen molar-refractivity contribution in [2.24, 2.45) is 0 Å². The number of ether oxygens (including phenoxy) is 1. The van der Waals surface area contributed by atoms with Gasteiger partial charge in [-0.05, 0) is 38.5 Å². The maximum Gasteiger partial charge on any atom is 0.221 e. The zero-order valence-electron chi connectivity index (χ0n) is 9.63. The number of anilines is 1. The lowest BCUT2D eigenvalue weighted by molar-refractivity contribution is -0.114. The first-order valence-electron chi connectivity index (χ1n) is 5.03. The van der Waals surface area contributed by atoms with Gasteiger partial charge in [0.15, 0.2) is 0 Å². The Morgan fingerprint density at radius 2 is 2.00 bits per heavy atom. The van der Waals surface area contributed by atoms with E-state index in [0.29, 0.717) is 0 Å². The molecule has 0 saturated carbocycles. The van der Waals surface area contributed by atoms with E-state index in [1.165, 1.54) is 6.92 Å². The predicted molar refractivity (Wildman–Crippen MR) is 61.2 cm³/mol. The third-order valence-electron chi connectivity index (χ3n) is 1.74. The van der Waals surface area contributed by atoms with Gasteiger partial charge in [-0.3, -0.25) is 4.79 Å². The van der Waals surface area contributed by atoms with Crippen molar-refractivity contribution in [2.75, 3.05) is 5.32 Å². The van der Waals surface area contributed by atoms with Gasteiger partial charge in [-0.2, -0.15) is 0 Å². The van der Waals surface area contributed by atoms with Crippen LogP contribution in [0.3, 0.4) is 0 Å². The van der Waals surface area contributed by atoms with Crippen molar-refractivity contribution in [2.45, 2.75) is 33.8 Å². The van der Waals surface area contributed by atoms with Crippen molar-refractivity contribution in [1.29, 1.82) is 0 Å². The van der Waals surface area contributed by atoms with E-state index in [9.17, 15) is 4.79 Å². The Bertz CT molecular complexity index is 359. The summed E-state index contributed by atoms with van der Waals surface area (Å²) in [6.45, 7) is 7.41. The molecular weight excluding hydrogens is 190 g/mol. The van der Waals surface area contributed by atoms with Gasteiger partial charge in [-0.15, -0.1) is 0 Å². The highest BCUT2D eigenvalue weighted by molar-refractivity contribution is 5.88. The number of carbonyl (C=O) groups is 1. The van der Waals surface area contributed by atoms with Gasteiger partial charge in [-0.25, -0.2) is 0 Å². The molecule has 1 rings (SSSR count). The monoisotopic (exact) mass is 207 g/mol. The van der Waals surface area contributed by atoms with E-state index in [4.69, 9.17) is 4.74 Å². The second-order valence-corrected chi connectivity index (χ2v) is 3.88. The van der Waals surface area contributed by atoms with Crippen molar-refractivity contribution >= 4 is 11.6 Å². The van der Waals surface area contributed by atoms with Crippen LogP contribution in [-0.2, 0) is 4.79 Å². The molecule has 0 unspecified atom stereocenters. The molecule has 3 nitrogen and oxygen atoms in total. The molecule has 0 bridgehead atoms. The minimum Gasteiger partial charge on any atom is -0.491 e. The van der Waals surface area contributed by atoms with Crippen LogP contribution in [0.4, 0.5) is 5.69 Å². The van der Waals surface area contributed by atoms with Gasteiger partial charge < -0.3 is 10.1 Å². The second kappa shape index (κ2) is 4.82. The molecule has 0 aromatic heterocycles. The molecule has 0 radical (unpaired) electrons. The van der Waals surface area contributed by atoms with Crippen LogP contribution >= 0.6 is 0 Å². The molecule has 0 aliphatic carbocycles. The summed E-state index contributed by atoms with van der Waals surface area (Å²) in [5.41, 5.74) is 1.84. The summed E-state index contributed by atoms with van der Waals surface area (Å²) < 4.78 is 5.57. The highest BCUT2D eigenvalue weighted by Gasteiger charge is 2.02. The highest BCUT2D eigenvalue weighted by Crippen LogP contribution is 2.21. The van der Waals surface area contributed by atoms with Crippen molar-refractivity contribution in [3.05, 3.63) is 23.8 Å². The average molecular weight is 207 g/mol. The Morgan fingerprint density at radius 1 is 1.33 bits per heavy atom. The molecule has 0 fully saturated rings. The molecule has 15 heavy (non-hydrogen) atoms. The van der Waals surface area contributed by atoms with E-state index in [1.54, 1.807) is 0 Å². The normalized spacial score (nSPS) is 10.2. The zero-order chi connectivity index (χ0) is 11.4. The van der Waals surface area contributed by atoms with Gasteiger partial charge in [0.1, 0.15) is 5.75 Å². The summed E-state index contributed by atoms with van der Waals surface area (Å²) in [4.78, 5) is 10.9. The molecule has 0 spiro atoms. The second-order valence-electron chi connectivity index (χ2n) is 3.88. The lowest BCUT2D eigenvalue weighted by Crippen LogP contribution is -2.08. The summed E-state index contributed by atoms with van der Waals surface area (Å²) in [5.74, 6) is 0.713. The lowest BCUT2D eigenvalue weighted by Gasteiger charge is -2.12. The first kappa shape index (κ1) is 11.6. The molecule has 1 N–H and O–H groups in total. The quantitative estimate of drug-likeness (QED) is 0.827. The number of hydrogen-bond acceptors (Lipinski definition) is 2. The van der Waals surface area contributed by atoms with Crippen LogP contribution in [0.2, 0.25) is 0 Å². The number of amides is 1. The largest absolute Gasteiger partial charge is 0.491 e. The van der Waals surface area contributed by atoms with Crippen molar-refractivity contribution in [3.63, 3.8) is 0 Å². The maximum atomic E-state index is 10.9. The number of nitrogens with one attached hydrogen (secondary N) is 1. The number of rotatable bonds is 3. The summed E-state index contributed by atoms with van der Waals surface area (Å²) in [6.07, 6.45) is 0.136. The molecular formula is C12H17NO2. The predicted octanol–water partition coefficient (Wildman–Crippen LogP) is 2.74. The van der Waals surface area contributed by atoms with Crippen molar-refractivity contribution in [3.8, 4) is 5.75 Å². The molecule has 1 aromatic carbocycles. The average Bonchev–Trinajstić information content (AvgIpc) is 1.98. The summed E-state index contributed by atoms with van der Waals surface area (Å²) in [5, 5.41) is 2.74. The number of benzene rings is 1. The minimum absolute atomic E-state index is 0.0731. The van der Waals surface area contributed by atoms with Crippen LogP contribution in [-0.4, -0.2) is 12.0 Å². The first-order chi connectivity index (χ1) is 6.97. The van der Waals surface area contributed by atoms with Crippen LogP contribution < -0.4 is 10.1 Å². The summed E-state index contributed by atoms with van der Waals surface area (Å²) in [7, 11) is 0. The molecule has 0 heterocycles. The van der Waals surface area contributed by atoms with Gasteiger partial charge in [-0.1, -0.05) is 0 Å². The van der Waals surface area contributed by atoms with Gasteiger partial charge in [0.05, 0.1) is 6.10 Å². The Labute approximate surface area is 90.4 Å². The van der Waals surface area contributed by atoms with Crippen molar-refractivity contribution in [1.82, 2.24) is 0 Å². The van der Waals surface area contributed by atoms with Crippen molar-refractivity contribution < 1.29 is 9.53 Å². The lowest BCUT2D eigenvalue weighted by atomic mass is 10.2. The number of aryl methyl sites for hydroxylation is 1. The number of carbonyl (C=O) groups excluding carboxylic acids is 1. The molecule has 82 valence electrons. The van der Waals surface area contributed by atoms with E-state index in [2.05, 4.69) is 5.32 Å². The summed E-state index contributed by atoms with van der Waals surface area (Å²) in [6, 6.07) is 5.69. The number of hydrogen-bond donors (Lipinski definition) is 1. The first-order valence-corrected chi connectivity index (χ1v) is 5.03. The highest BCUT2D eigenvalue weighted by atomic mass is 16.5. The fourth-order valence-electron chi connectivity index (χ4n) is 1.36. The van der Waals surface area contributed by atoms with Gasteiger partial charge in [0, 0.05) is 18.7 Å². The summed E-state index contributed by atoms with van der Waals surface area (Å²) >= 11 is 0. The molecule has 0 aliphatic heterocycles. The smallest absolute Gasteiger partial charge is 0.221 e. The fraction of sp³-hybridized carbons (Fsp3) is 0.417. The maximum absolute atomic E-state index is 10.9. The van der Waals surface area contributed by atoms with Crippen LogP contribution in [0.1, 0.15) is 26.3 Å². The SMILES string of the molecule is CC(=O)Nc1cc(C)cc(OC(C)C)c1. The molecule has 0 atom stereocenters.